The number of fused-ring (bicyclic) bond motifs is 1. The molecule has 130 valence electrons. The van der Waals surface area contributed by atoms with Crippen LogP contribution in [0.5, 0.6) is 5.75 Å². The molecule has 0 bridgehead atoms. The molecular weight excluding hydrogens is 324 g/mol. The number of ether oxygens (including phenoxy) is 1. The fourth-order valence-electron chi connectivity index (χ4n) is 3.03. The predicted octanol–water partition coefficient (Wildman–Crippen LogP) is 4.55. The largest absolute Gasteiger partial charge is 0.497 e. The zero-order valence-corrected chi connectivity index (χ0v) is 14.8. The quantitative estimate of drug-likeness (QED) is 0.557. The van der Waals surface area contributed by atoms with Crippen LogP contribution in [0, 0.1) is 6.92 Å². The summed E-state index contributed by atoms with van der Waals surface area (Å²) in [4.78, 5) is 12.1. The maximum Gasteiger partial charge on any atom is 0.143 e. The van der Waals surface area contributed by atoms with E-state index in [1.165, 1.54) is 11.1 Å². The topological polar surface area (TPSA) is 62.8 Å². The molecular formula is C21H20N4O. The van der Waals surface area contributed by atoms with Crippen molar-refractivity contribution >= 4 is 16.9 Å². The van der Waals surface area contributed by atoms with Gasteiger partial charge in [-0.05, 0) is 30.7 Å². The number of hydrogen-bond acceptors (Lipinski definition) is 4. The van der Waals surface area contributed by atoms with Crippen LogP contribution in [0.2, 0.25) is 0 Å². The Morgan fingerprint density at radius 3 is 2.77 bits per heavy atom. The van der Waals surface area contributed by atoms with E-state index >= 15 is 0 Å². The van der Waals surface area contributed by atoms with E-state index in [9.17, 15) is 0 Å². The summed E-state index contributed by atoms with van der Waals surface area (Å²) < 4.78 is 5.32. The Labute approximate surface area is 152 Å². The number of aromatic amines is 1. The molecule has 0 fully saturated rings. The second kappa shape index (κ2) is 6.88. The van der Waals surface area contributed by atoms with Crippen LogP contribution in [0.1, 0.15) is 11.1 Å². The van der Waals surface area contributed by atoms with Gasteiger partial charge in [0.25, 0.3) is 0 Å². The van der Waals surface area contributed by atoms with Crippen LogP contribution in [0.3, 0.4) is 0 Å². The molecule has 26 heavy (non-hydrogen) atoms. The lowest BCUT2D eigenvalue weighted by Crippen LogP contribution is -2.02. The highest BCUT2D eigenvalue weighted by Gasteiger charge is 2.10. The summed E-state index contributed by atoms with van der Waals surface area (Å²) in [5.74, 6) is 1.65. The minimum Gasteiger partial charge on any atom is -0.497 e. The molecule has 2 heterocycles. The number of methoxy groups -OCH3 is 1. The van der Waals surface area contributed by atoms with E-state index in [1.54, 1.807) is 13.4 Å². The standard InChI is InChI=1S/C21H20N4O/c1-14-5-3-6-15(9-14)12-22-20-18-11-19(25-21(18)24-13-23-20)16-7-4-8-17(10-16)26-2/h3-11,13H,12H2,1-2H3,(H2,22,23,24,25). The first-order valence-corrected chi connectivity index (χ1v) is 8.50. The van der Waals surface area contributed by atoms with Gasteiger partial charge in [-0.1, -0.05) is 42.0 Å². The van der Waals surface area contributed by atoms with Crippen molar-refractivity contribution in [1.82, 2.24) is 15.0 Å². The Morgan fingerprint density at radius 1 is 1.04 bits per heavy atom. The highest BCUT2D eigenvalue weighted by Crippen LogP contribution is 2.28. The Hall–Kier alpha value is -3.34. The zero-order chi connectivity index (χ0) is 17.9. The van der Waals surface area contributed by atoms with Gasteiger partial charge in [-0.2, -0.15) is 0 Å². The predicted molar refractivity (Wildman–Crippen MR) is 104 cm³/mol. The Kier molecular flexibility index (Phi) is 4.27. The van der Waals surface area contributed by atoms with Gasteiger partial charge in [0.05, 0.1) is 12.5 Å². The molecule has 0 saturated carbocycles. The number of H-pyrrole nitrogens is 1. The van der Waals surface area contributed by atoms with E-state index in [0.29, 0.717) is 6.54 Å². The van der Waals surface area contributed by atoms with Crippen LogP contribution in [-0.2, 0) is 6.54 Å². The summed E-state index contributed by atoms with van der Waals surface area (Å²) in [6.45, 7) is 2.81. The monoisotopic (exact) mass is 344 g/mol. The van der Waals surface area contributed by atoms with E-state index in [1.807, 2.05) is 24.3 Å². The Bertz CT molecular complexity index is 1050. The summed E-state index contributed by atoms with van der Waals surface area (Å²) in [6.07, 6.45) is 1.58. The number of rotatable bonds is 5. The first-order chi connectivity index (χ1) is 12.7. The summed E-state index contributed by atoms with van der Waals surface area (Å²) in [7, 11) is 1.67. The maximum absolute atomic E-state index is 5.32. The van der Waals surface area contributed by atoms with Gasteiger partial charge in [0.1, 0.15) is 23.5 Å². The first kappa shape index (κ1) is 16.1. The fourth-order valence-corrected chi connectivity index (χ4v) is 3.03. The van der Waals surface area contributed by atoms with Crippen LogP contribution in [0.15, 0.2) is 60.9 Å². The first-order valence-electron chi connectivity index (χ1n) is 8.50. The molecule has 4 rings (SSSR count). The van der Waals surface area contributed by atoms with Crippen LogP contribution >= 0.6 is 0 Å². The molecule has 2 N–H and O–H groups in total. The number of benzene rings is 2. The van der Waals surface area contributed by atoms with Crippen molar-refractivity contribution in [3.8, 4) is 17.0 Å². The highest BCUT2D eigenvalue weighted by atomic mass is 16.5. The van der Waals surface area contributed by atoms with Crippen molar-refractivity contribution in [2.45, 2.75) is 13.5 Å². The lowest BCUT2D eigenvalue weighted by molar-refractivity contribution is 0.415. The summed E-state index contributed by atoms with van der Waals surface area (Å²) in [5.41, 5.74) is 5.31. The lowest BCUT2D eigenvalue weighted by atomic mass is 10.1. The smallest absolute Gasteiger partial charge is 0.143 e. The van der Waals surface area contributed by atoms with Crippen LogP contribution in [-0.4, -0.2) is 22.1 Å². The van der Waals surface area contributed by atoms with Gasteiger partial charge >= 0.3 is 0 Å². The maximum atomic E-state index is 5.32. The normalized spacial score (nSPS) is 10.8. The zero-order valence-electron chi connectivity index (χ0n) is 14.8. The van der Waals surface area contributed by atoms with Gasteiger partial charge < -0.3 is 15.0 Å². The van der Waals surface area contributed by atoms with Crippen LogP contribution < -0.4 is 10.1 Å². The number of anilines is 1. The Balaban J connectivity index is 1.65. The van der Waals surface area contributed by atoms with E-state index in [2.05, 4.69) is 57.5 Å². The minimum atomic E-state index is 0.716. The van der Waals surface area contributed by atoms with E-state index in [0.717, 1.165) is 33.9 Å². The third-order valence-electron chi connectivity index (χ3n) is 4.35. The molecule has 0 aliphatic rings. The Morgan fingerprint density at radius 2 is 1.92 bits per heavy atom. The lowest BCUT2D eigenvalue weighted by Gasteiger charge is -2.07. The van der Waals surface area contributed by atoms with E-state index in [-0.39, 0.29) is 0 Å². The van der Waals surface area contributed by atoms with Gasteiger partial charge in [0.2, 0.25) is 0 Å². The SMILES string of the molecule is COc1cccc(-c2cc3c(NCc4cccc(C)c4)ncnc3[nH]2)c1. The van der Waals surface area contributed by atoms with Crippen molar-refractivity contribution in [3.63, 3.8) is 0 Å². The highest BCUT2D eigenvalue weighted by molar-refractivity contribution is 5.91. The van der Waals surface area contributed by atoms with Crippen molar-refractivity contribution in [2.24, 2.45) is 0 Å². The van der Waals surface area contributed by atoms with Crippen molar-refractivity contribution < 1.29 is 4.74 Å². The van der Waals surface area contributed by atoms with Gasteiger partial charge in [-0.3, -0.25) is 0 Å². The molecule has 0 amide bonds. The van der Waals surface area contributed by atoms with Crippen molar-refractivity contribution in [2.75, 3.05) is 12.4 Å². The second-order valence-electron chi connectivity index (χ2n) is 6.24. The molecule has 0 saturated heterocycles. The minimum absolute atomic E-state index is 0.716. The molecule has 0 spiro atoms. The van der Waals surface area contributed by atoms with Gasteiger partial charge in [0, 0.05) is 17.8 Å². The number of nitrogens with zero attached hydrogens (tertiary/aromatic N) is 2. The second-order valence-corrected chi connectivity index (χ2v) is 6.24. The summed E-state index contributed by atoms with van der Waals surface area (Å²) in [5, 5.41) is 4.39. The molecule has 0 atom stereocenters. The fraction of sp³-hybridized carbons (Fsp3) is 0.143. The molecule has 0 radical (unpaired) electrons. The van der Waals surface area contributed by atoms with Crippen LogP contribution in [0.4, 0.5) is 5.82 Å². The van der Waals surface area contributed by atoms with E-state index < -0.39 is 0 Å². The molecule has 4 aromatic rings. The molecule has 0 aliphatic carbocycles. The summed E-state index contributed by atoms with van der Waals surface area (Å²) >= 11 is 0. The van der Waals surface area contributed by atoms with Crippen molar-refractivity contribution in [3.05, 3.63) is 72.1 Å². The number of nitrogens with one attached hydrogen (secondary N) is 2. The average Bonchev–Trinajstić information content (AvgIpc) is 3.11. The van der Waals surface area contributed by atoms with Gasteiger partial charge in [-0.15, -0.1) is 0 Å². The van der Waals surface area contributed by atoms with Crippen molar-refractivity contribution in [1.29, 1.82) is 0 Å². The molecule has 2 aromatic carbocycles. The molecule has 0 aliphatic heterocycles. The van der Waals surface area contributed by atoms with Crippen LogP contribution in [0.25, 0.3) is 22.3 Å². The average molecular weight is 344 g/mol. The molecule has 0 unspecified atom stereocenters. The third kappa shape index (κ3) is 3.24. The van der Waals surface area contributed by atoms with Gasteiger partial charge in [0.15, 0.2) is 0 Å². The van der Waals surface area contributed by atoms with E-state index in [4.69, 9.17) is 4.74 Å². The number of hydrogen-bond donors (Lipinski definition) is 2. The number of aryl methyl sites for hydroxylation is 1. The third-order valence-corrected chi connectivity index (χ3v) is 4.35. The molecule has 5 nitrogen and oxygen atoms in total. The summed E-state index contributed by atoms with van der Waals surface area (Å²) in [6, 6.07) is 18.5. The molecule has 2 aromatic heterocycles. The van der Waals surface area contributed by atoms with Gasteiger partial charge in [-0.25, -0.2) is 9.97 Å². The molecule has 5 heteroatoms. The number of aromatic nitrogens is 3.